The van der Waals surface area contributed by atoms with E-state index in [1.807, 2.05) is 0 Å². The van der Waals surface area contributed by atoms with Crippen LogP contribution >= 0.6 is 0 Å². The van der Waals surface area contributed by atoms with Crippen molar-refractivity contribution < 1.29 is 22.4 Å². The number of carbonyl (C=O) groups is 1. The van der Waals surface area contributed by atoms with Gasteiger partial charge in [-0.25, -0.2) is 9.07 Å². The van der Waals surface area contributed by atoms with Gasteiger partial charge in [-0.15, -0.1) is 0 Å². The second kappa shape index (κ2) is 6.70. The number of aromatic nitrogens is 4. The Labute approximate surface area is 156 Å². The maximum absolute atomic E-state index is 13.6. The zero-order chi connectivity index (χ0) is 19.9. The molecule has 1 N–H and O–H groups in total. The van der Waals surface area contributed by atoms with Crippen molar-refractivity contribution in [2.24, 2.45) is 0 Å². The molecule has 0 fully saturated rings. The highest BCUT2D eigenvalue weighted by Gasteiger charge is 2.31. The zero-order valence-electron chi connectivity index (χ0n) is 14.3. The van der Waals surface area contributed by atoms with Gasteiger partial charge in [0, 0.05) is 19.4 Å². The molecule has 0 aliphatic carbocycles. The van der Waals surface area contributed by atoms with Crippen molar-refractivity contribution >= 4 is 5.91 Å². The molecule has 0 bridgehead atoms. The average molecular weight is 391 g/mol. The van der Waals surface area contributed by atoms with Gasteiger partial charge in [-0.2, -0.15) is 28.5 Å². The smallest absolute Gasteiger partial charge is 0.352 e. The number of alkyl halides is 3. The number of benzene rings is 1. The summed E-state index contributed by atoms with van der Waals surface area (Å²) < 4.78 is 53.8. The van der Waals surface area contributed by atoms with Gasteiger partial charge < -0.3 is 5.32 Å². The van der Waals surface area contributed by atoms with E-state index in [0.29, 0.717) is 41.7 Å². The van der Waals surface area contributed by atoms with Gasteiger partial charge in [0.2, 0.25) is 0 Å². The lowest BCUT2D eigenvalue weighted by molar-refractivity contribution is -0.137. The summed E-state index contributed by atoms with van der Waals surface area (Å²) in [5.74, 6) is -1.18. The summed E-state index contributed by atoms with van der Waals surface area (Å²) in [5.41, 5.74) is 1.12. The Kier molecular flexibility index (Phi) is 4.33. The molecule has 0 unspecified atom stereocenters. The molecule has 10 heteroatoms. The molecule has 0 saturated carbocycles. The predicted molar refractivity (Wildman–Crippen MR) is 89.4 cm³/mol. The van der Waals surface area contributed by atoms with E-state index >= 15 is 0 Å². The Hall–Kier alpha value is -3.30. The highest BCUT2D eigenvalue weighted by atomic mass is 19.4. The van der Waals surface area contributed by atoms with Gasteiger partial charge in [-0.1, -0.05) is 0 Å². The molecule has 1 aliphatic rings. The van der Waals surface area contributed by atoms with E-state index in [1.165, 1.54) is 12.4 Å². The molecule has 0 radical (unpaired) electrons. The lowest BCUT2D eigenvalue weighted by Gasteiger charge is -2.15. The molecular formula is C18H13F4N5O. The van der Waals surface area contributed by atoms with Crippen LogP contribution < -0.4 is 5.32 Å². The average Bonchev–Trinajstić information content (AvgIpc) is 3.06. The summed E-state index contributed by atoms with van der Waals surface area (Å²) in [4.78, 5) is 11.9. The summed E-state index contributed by atoms with van der Waals surface area (Å²) in [6.45, 7) is 0.479. The summed E-state index contributed by atoms with van der Waals surface area (Å²) >= 11 is 0. The van der Waals surface area contributed by atoms with E-state index in [0.717, 1.165) is 12.1 Å². The fourth-order valence-electron chi connectivity index (χ4n) is 3.14. The first kappa shape index (κ1) is 18.1. The van der Waals surface area contributed by atoms with Crippen molar-refractivity contribution in [3.8, 4) is 5.69 Å². The molecule has 6 nitrogen and oxygen atoms in total. The molecule has 0 spiro atoms. The van der Waals surface area contributed by atoms with E-state index in [2.05, 4.69) is 20.6 Å². The van der Waals surface area contributed by atoms with Gasteiger partial charge in [0.05, 0.1) is 40.6 Å². The molecule has 1 amide bonds. The maximum atomic E-state index is 13.6. The topological polar surface area (TPSA) is 72.7 Å². The third kappa shape index (κ3) is 3.45. The summed E-state index contributed by atoms with van der Waals surface area (Å²) in [7, 11) is 0. The van der Waals surface area contributed by atoms with Crippen molar-refractivity contribution in [1.29, 1.82) is 0 Å². The van der Waals surface area contributed by atoms with Gasteiger partial charge in [-0.3, -0.25) is 4.79 Å². The van der Waals surface area contributed by atoms with Crippen molar-refractivity contribution in [2.75, 3.05) is 6.54 Å². The predicted octanol–water partition coefficient (Wildman–Crippen LogP) is 2.70. The number of nitrogens with zero attached hydrogens (tertiary/aromatic N) is 4. The molecule has 0 atom stereocenters. The second-order valence-electron chi connectivity index (χ2n) is 6.35. The second-order valence-corrected chi connectivity index (χ2v) is 6.35. The summed E-state index contributed by atoms with van der Waals surface area (Å²) in [5, 5.41) is 14.7. The van der Waals surface area contributed by atoms with Gasteiger partial charge >= 0.3 is 6.18 Å². The normalized spacial score (nSPS) is 13.9. The van der Waals surface area contributed by atoms with Crippen molar-refractivity contribution in [3.05, 3.63) is 70.6 Å². The Bertz CT molecular complexity index is 1060. The Morgan fingerprint density at radius 3 is 2.75 bits per heavy atom. The molecule has 28 heavy (non-hydrogen) atoms. The molecule has 0 saturated heterocycles. The number of nitrogens with one attached hydrogen (secondary N) is 1. The number of amides is 1. The van der Waals surface area contributed by atoms with Gasteiger partial charge in [0.15, 0.2) is 0 Å². The number of carbonyl (C=O) groups excluding carboxylic acids is 1. The van der Waals surface area contributed by atoms with Gasteiger partial charge in [0.1, 0.15) is 5.82 Å². The van der Waals surface area contributed by atoms with E-state index in [9.17, 15) is 22.4 Å². The number of rotatable bonds is 3. The number of fused-ring (bicyclic) bond motifs is 1. The van der Waals surface area contributed by atoms with E-state index in [-0.39, 0.29) is 17.9 Å². The number of hydrogen-bond donors (Lipinski definition) is 1. The molecule has 1 aromatic carbocycles. The van der Waals surface area contributed by atoms with Crippen LogP contribution in [0.1, 0.15) is 32.9 Å². The van der Waals surface area contributed by atoms with Crippen LogP contribution in [0.3, 0.4) is 0 Å². The number of halogens is 4. The zero-order valence-corrected chi connectivity index (χ0v) is 14.3. The fourth-order valence-corrected chi connectivity index (χ4v) is 3.14. The third-order valence-electron chi connectivity index (χ3n) is 4.37. The highest BCUT2D eigenvalue weighted by molar-refractivity contribution is 5.96. The van der Waals surface area contributed by atoms with Crippen LogP contribution in [0.15, 0.2) is 36.7 Å². The summed E-state index contributed by atoms with van der Waals surface area (Å²) in [6.07, 6.45) is -1.20. The third-order valence-corrected chi connectivity index (χ3v) is 4.37. The Balaban J connectivity index is 1.66. The molecule has 3 aromatic rings. The Morgan fingerprint density at radius 2 is 1.96 bits per heavy atom. The summed E-state index contributed by atoms with van der Waals surface area (Å²) in [6, 6.07) is 3.97. The highest BCUT2D eigenvalue weighted by Crippen LogP contribution is 2.31. The SMILES string of the molecule is O=C1NCCc2c1cnn2-c1cnnc(Cc2cc(F)cc(C(F)(F)F)c2)c1. The first-order valence-corrected chi connectivity index (χ1v) is 8.35. The molecular weight excluding hydrogens is 378 g/mol. The lowest BCUT2D eigenvalue weighted by atomic mass is 10.1. The molecule has 144 valence electrons. The van der Waals surface area contributed by atoms with Crippen LogP contribution in [0.4, 0.5) is 17.6 Å². The largest absolute Gasteiger partial charge is 0.416 e. The first-order chi connectivity index (χ1) is 13.3. The van der Waals surface area contributed by atoms with Gasteiger partial charge in [-0.05, 0) is 29.8 Å². The van der Waals surface area contributed by atoms with E-state index < -0.39 is 17.6 Å². The van der Waals surface area contributed by atoms with Crippen LogP contribution in [-0.2, 0) is 19.0 Å². The minimum atomic E-state index is -4.64. The molecule has 3 heterocycles. The van der Waals surface area contributed by atoms with E-state index in [4.69, 9.17) is 0 Å². The Morgan fingerprint density at radius 1 is 1.14 bits per heavy atom. The van der Waals surface area contributed by atoms with Crippen molar-refractivity contribution in [1.82, 2.24) is 25.3 Å². The molecule has 4 rings (SSSR count). The van der Waals surface area contributed by atoms with Crippen LogP contribution in [0, 0.1) is 5.82 Å². The van der Waals surface area contributed by atoms with Crippen LogP contribution in [0.2, 0.25) is 0 Å². The maximum Gasteiger partial charge on any atom is 0.416 e. The van der Waals surface area contributed by atoms with Crippen LogP contribution in [-0.4, -0.2) is 32.4 Å². The lowest BCUT2D eigenvalue weighted by Crippen LogP contribution is -2.32. The fraction of sp³-hybridized carbons (Fsp3) is 0.222. The standard InChI is InChI=1S/C18H13F4N5O/c19-12-4-10(3-11(6-12)18(20,21)22)5-13-7-14(8-24-26-13)27-16-1-2-23-17(28)15(16)9-25-27/h3-4,6-9H,1-2,5H2,(H,23,28). The van der Waals surface area contributed by atoms with Crippen LogP contribution in [0.5, 0.6) is 0 Å². The van der Waals surface area contributed by atoms with E-state index in [1.54, 1.807) is 10.7 Å². The minimum Gasteiger partial charge on any atom is -0.352 e. The van der Waals surface area contributed by atoms with Gasteiger partial charge in [0.25, 0.3) is 5.91 Å². The molecule has 1 aliphatic heterocycles. The van der Waals surface area contributed by atoms with Crippen molar-refractivity contribution in [3.63, 3.8) is 0 Å². The quantitative estimate of drug-likeness (QED) is 0.697. The van der Waals surface area contributed by atoms with Crippen LogP contribution in [0.25, 0.3) is 5.69 Å². The minimum absolute atomic E-state index is 0.0361. The monoisotopic (exact) mass is 391 g/mol. The first-order valence-electron chi connectivity index (χ1n) is 8.35. The number of hydrogen-bond acceptors (Lipinski definition) is 4. The van der Waals surface area contributed by atoms with Crippen molar-refractivity contribution in [2.45, 2.75) is 19.0 Å². The molecule has 2 aromatic heterocycles.